The van der Waals surface area contributed by atoms with Crippen LogP contribution in [0.3, 0.4) is 0 Å². The highest BCUT2D eigenvalue weighted by Crippen LogP contribution is 2.09. The smallest absolute Gasteiger partial charge is 0.305 e. The summed E-state index contributed by atoms with van der Waals surface area (Å²) in [6, 6.07) is 0. The molecule has 0 aromatic heterocycles. The maximum atomic E-state index is 11.4. The molecule has 0 aliphatic rings. The minimum absolute atomic E-state index is 0.128. The van der Waals surface area contributed by atoms with E-state index in [0.717, 1.165) is 38.5 Å². The van der Waals surface area contributed by atoms with Crippen molar-refractivity contribution in [1.29, 1.82) is 0 Å². The Kier molecular flexibility index (Phi) is 17.8. The maximum Gasteiger partial charge on any atom is 0.305 e. The fraction of sp³-hybridized carbons (Fsp3) is 0.850. The Hall–Kier alpha value is -0.870. The van der Waals surface area contributed by atoms with Gasteiger partial charge in [0.1, 0.15) is 6.61 Å². The van der Waals surface area contributed by atoms with Crippen LogP contribution < -0.4 is 0 Å². The van der Waals surface area contributed by atoms with Crippen molar-refractivity contribution in [3.8, 4) is 0 Å². The van der Waals surface area contributed by atoms with E-state index in [1.54, 1.807) is 0 Å². The second-order valence-electron chi connectivity index (χ2n) is 6.45. The Morgan fingerprint density at radius 3 is 2.04 bits per heavy atom. The van der Waals surface area contributed by atoms with Crippen LogP contribution in [0.25, 0.3) is 0 Å². The van der Waals surface area contributed by atoms with Gasteiger partial charge in [-0.2, -0.15) is 0 Å². The molecule has 0 bridgehead atoms. The molecule has 2 N–H and O–H groups in total. The molecule has 0 aliphatic heterocycles. The van der Waals surface area contributed by atoms with Crippen LogP contribution in [0.15, 0.2) is 12.2 Å². The molecule has 24 heavy (non-hydrogen) atoms. The molecular weight excluding hydrogens is 304 g/mol. The largest absolute Gasteiger partial charge is 0.463 e. The molecule has 4 heteroatoms. The van der Waals surface area contributed by atoms with E-state index in [-0.39, 0.29) is 12.6 Å². The Labute approximate surface area is 148 Å². The summed E-state index contributed by atoms with van der Waals surface area (Å²) in [6.07, 6.45) is 17.5. The van der Waals surface area contributed by atoms with Crippen molar-refractivity contribution >= 4 is 5.97 Å². The van der Waals surface area contributed by atoms with Crippen LogP contribution >= 0.6 is 0 Å². The summed E-state index contributed by atoms with van der Waals surface area (Å²) >= 11 is 0. The van der Waals surface area contributed by atoms with Gasteiger partial charge >= 0.3 is 5.97 Å². The molecule has 0 heterocycles. The van der Waals surface area contributed by atoms with E-state index in [0.29, 0.717) is 19.4 Å². The summed E-state index contributed by atoms with van der Waals surface area (Å²) < 4.78 is 5.00. The van der Waals surface area contributed by atoms with Gasteiger partial charge in [-0.3, -0.25) is 4.79 Å². The molecule has 1 unspecified atom stereocenters. The Balaban J connectivity index is 3.23. The summed E-state index contributed by atoms with van der Waals surface area (Å²) in [6.45, 7) is 2.31. The Morgan fingerprint density at radius 1 is 0.917 bits per heavy atom. The molecule has 0 rings (SSSR count). The Bertz CT molecular complexity index is 302. The van der Waals surface area contributed by atoms with Crippen LogP contribution in [0.1, 0.15) is 90.4 Å². The molecule has 4 nitrogen and oxygen atoms in total. The highest BCUT2D eigenvalue weighted by Gasteiger charge is 2.06. The van der Waals surface area contributed by atoms with Crippen molar-refractivity contribution in [2.24, 2.45) is 0 Å². The van der Waals surface area contributed by atoms with E-state index in [1.165, 1.54) is 32.1 Å². The first-order valence-corrected chi connectivity index (χ1v) is 9.80. The number of aliphatic hydroxyl groups is 2. The van der Waals surface area contributed by atoms with E-state index in [2.05, 4.69) is 12.2 Å². The van der Waals surface area contributed by atoms with Crippen LogP contribution in [-0.2, 0) is 9.53 Å². The second-order valence-corrected chi connectivity index (χ2v) is 6.45. The second kappa shape index (κ2) is 18.5. The predicted molar refractivity (Wildman–Crippen MR) is 98.9 cm³/mol. The fourth-order valence-corrected chi connectivity index (χ4v) is 2.40. The highest BCUT2D eigenvalue weighted by molar-refractivity contribution is 5.69. The summed E-state index contributed by atoms with van der Waals surface area (Å²) in [4.78, 5) is 11.4. The number of esters is 1. The van der Waals surface area contributed by atoms with Gasteiger partial charge in [0.2, 0.25) is 0 Å². The number of ether oxygens (including phenoxy) is 1. The fourth-order valence-electron chi connectivity index (χ4n) is 2.40. The molecule has 0 saturated carbocycles. The van der Waals surface area contributed by atoms with Gasteiger partial charge in [0.15, 0.2) is 0 Å². The molecule has 0 aromatic carbocycles. The molecule has 0 spiro atoms. The number of hydrogen-bond acceptors (Lipinski definition) is 4. The van der Waals surface area contributed by atoms with Crippen LogP contribution in [0.4, 0.5) is 0 Å². The van der Waals surface area contributed by atoms with Gasteiger partial charge in [0, 0.05) is 13.0 Å². The van der Waals surface area contributed by atoms with E-state index in [1.807, 2.05) is 6.92 Å². The van der Waals surface area contributed by atoms with Crippen molar-refractivity contribution in [2.75, 3.05) is 13.2 Å². The zero-order valence-electron chi connectivity index (χ0n) is 15.5. The van der Waals surface area contributed by atoms with Crippen LogP contribution in [0.2, 0.25) is 0 Å². The minimum atomic E-state index is -0.525. The van der Waals surface area contributed by atoms with Gasteiger partial charge in [-0.1, -0.05) is 51.2 Å². The number of carbonyl (C=O) groups is 1. The normalized spacial score (nSPS) is 12.6. The lowest BCUT2D eigenvalue weighted by Crippen LogP contribution is -2.17. The van der Waals surface area contributed by atoms with E-state index < -0.39 is 6.10 Å². The third kappa shape index (κ3) is 17.5. The summed E-state index contributed by atoms with van der Waals surface area (Å²) in [5.41, 5.74) is 0. The zero-order valence-corrected chi connectivity index (χ0v) is 15.5. The Morgan fingerprint density at radius 2 is 1.46 bits per heavy atom. The van der Waals surface area contributed by atoms with Gasteiger partial charge < -0.3 is 14.9 Å². The first-order chi connectivity index (χ1) is 11.7. The zero-order chi connectivity index (χ0) is 17.9. The number of hydrogen-bond donors (Lipinski definition) is 2. The summed E-state index contributed by atoms with van der Waals surface area (Å²) in [5, 5.41) is 18.0. The van der Waals surface area contributed by atoms with Crippen molar-refractivity contribution in [2.45, 2.75) is 96.5 Å². The molecule has 0 fully saturated rings. The first kappa shape index (κ1) is 23.1. The standard InChI is InChI=1S/C20H38O4/c1-2-19(22)18-24-20(23)16-14-12-10-8-6-4-3-5-7-9-11-13-15-17-21/h3,5,19,21-22H,2,4,6-18H2,1H3/b5-3-. The van der Waals surface area contributed by atoms with Crippen LogP contribution in [-0.4, -0.2) is 35.5 Å². The lowest BCUT2D eigenvalue weighted by molar-refractivity contribution is -0.146. The predicted octanol–water partition coefficient (Wildman–Crippen LogP) is 4.53. The van der Waals surface area contributed by atoms with E-state index in [4.69, 9.17) is 9.84 Å². The van der Waals surface area contributed by atoms with Crippen LogP contribution in [0.5, 0.6) is 0 Å². The summed E-state index contributed by atoms with van der Waals surface area (Å²) in [7, 11) is 0. The van der Waals surface area contributed by atoms with Crippen molar-refractivity contribution < 1.29 is 19.7 Å². The highest BCUT2D eigenvalue weighted by atomic mass is 16.5. The molecular formula is C20H38O4. The van der Waals surface area contributed by atoms with Crippen molar-refractivity contribution in [3.63, 3.8) is 0 Å². The number of unbranched alkanes of at least 4 members (excludes halogenated alkanes) is 9. The third-order valence-corrected chi connectivity index (χ3v) is 4.11. The molecule has 0 aromatic rings. The number of rotatable bonds is 17. The van der Waals surface area contributed by atoms with Crippen LogP contribution in [0, 0.1) is 0 Å². The third-order valence-electron chi connectivity index (χ3n) is 4.11. The first-order valence-electron chi connectivity index (χ1n) is 9.80. The monoisotopic (exact) mass is 342 g/mol. The molecule has 0 aliphatic carbocycles. The lowest BCUT2D eigenvalue weighted by Gasteiger charge is -2.08. The van der Waals surface area contributed by atoms with Gasteiger partial charge in [0.25, 0.3) is 0 Å². The molecule has 1 atom stereocenters. The topological polar surface area (TPSA) is 66.8 Å². The van der Waals surface area contributed by atoms with E-state index in [9.17, 15) is 9.90 Å². The number of carbonyl (C=O) groups excluding carboxylic acids is 1. The molecule has 0 radical (unpaired) electrons. The molecule has 0 amide bonds. The van der Waals surface area contributed by atoms with E-state index >= 15 is 0 Å². The molecule has 142 valence electrons. The molecule has 0 saturated heterocycles. The minimum Gasteiger partial charge on any atom is -0.463 e. The maximum absolute atomic E-state index is 11.4. The lowest BCUT2D eigenvalue weighted by atomic mass is 10.1. The van der Waals surface area contributed by atoms with Crippen molar-refractivity contribution in [3.05, 3.63) is 12.2 Å². The van der Waals surface area contributed by atoms with Gasteiger partial charge in [-0.05, 0) is 44.9 Å². The quantitative estimate of drug-likeness (QED) is 0.231. The number of aliphatic hydroxyl groups excluding tert-OH is 2. The average molecular weight is 343 g/mol. The van der Waals surface area contributed by atoms with Crippen molar-refractivity contribution in [1.82, 2.24) is 0 Å². The SMILES string of the molecule is CCC(O)COC(=O)CCCCCCC/C=C\CCCCCCO. The van der Waals surface area contributed by atoms with Gasteiger partial charge in [0.05, 0.1) is 6.10 Å². The average Bonchev–Trinajstić information content (AvgIpc) is 2.59. The number of allylic oxidation sites excluding steroid dienone is 2. The summed E-state index contributed by atoms with van der Waals surface area (Å²) in [5.74, 6) is -0.190. The van der Waals surface area contributed by atoms with Gasteiger partial charge in [-0.15, -0.1) is 0 Å². The van der Waals surface area contributed by atoms with Gasteiger partial charge in [-0.25, -0.2) is 0 Å².